The first kappa shape index (κ1) is 15.3. The van der Waals surface area contributed by atoms with Crippen molar-refractivity contribution in [3.8, 4) is 0 Å². The van der Waals surface area contributed by atoms with E-state index in [4.69, 9.17) is 17.3 Å². The van der Waals surface area contributed by atoms with Gasteiger partial charge in [0.05, 0.1) is 9.92 Å². The second-order valence-electron chi connectivity index (χ2n) is 4.83. The first-order chi connectivity index (χ1) is 8.82. The van der Waals surface area contributed by atoms with Crippen LogP contribution in [-0.2, 0) is 10.0 Å². The Balaban J connectivity index is 2.34. The smallest absolute Gasteiger partial charge is 0.243 e. The van der Waals surface area contributed by atoms with Crippen LogP contribution in [-0.4, -0.2) is 31.4 Å². The van der Waals surface area contributed by atoms with Crippen LogP contribution in [0.1, 0.15) is 19.8 Å². The number of nitrogens with two attached hydrogens (primary N) is 1. The van der Waals surface area contributed by atoms with Crippen molar-refractivity contribution >= 4 is 37.6 Å². The van der Waals surface area contributed by atoms with Gasteiger partial charge in [0.2, 0.25) is 10.0 Å². The van der Waals surface area contributed by atoms with Crippen LogP contribution in [0.15, 0.2) is 27.6 Å². The molecule has 1 fully saturated rings. The van der Waals surface area contributed by atoms with Gasteiger partial charge in [0.25, 0.3) is 0 Å². The summed E-state index contributed by atoms with van der Waals surface area (Å²) in [6, 6.07) is 4.68. The van der Waals surface area contributed by atoms with E-state index < -0.39 is 10.0 Å². The fourth-order valence-corrected chi connectivity index (χ4v) is 4.49. The number of benzene rings is 1. The van der Waals surface area contributed by atoms with E-state index in [-0.39, 0.29) is 17.0 Å². The number of halogens is 2. The van der Waals surface area contributed by atoms with Gasteiger partial charge in [0, 0.05) is 23.1 Å². The molecule has 0 aliphatic carbocycles. The standard InChI is InChI=1S/C12H16BrClN2O2S/c1-8-6-9(15)4-5-16(8)19(17,18)10-2-3-11(13)12(14)7-10/h2-3,7-9H,4-6,15H2,1H3. The highest BCUT2D eigenvalue weighted by molar-refractivity contribution is 9.10. The van der Waals surface area contributed by atoms with Crippen LogP contribution in [0.25, 0.3) is 0 Å². The molecule has 1 aromatic carbocycles. The molecule has 2 rings (SSSR count). The van der Waals surface area contributed by atoms with E-state index in [0.717, 1.165) is 0 Å². The maximum atomic E-state index is 12.6. The van der Waals surface area contributed by atoms with Crippen molar-refractivity contribution in [2.24, 2.45) is 5.73 Å². The highest BCUT2D eigenvalue weighted by atomic mass is 79.9. The lowest BCUT2D eigenvalue weighted by atomic mass is 10.0. The second-order valence-corrected chi connectivity index (χ2v) is 7.98. The van der Waals surface area contributed by atoms with Crippen LogP contribution in [0.2, 0.25) is 5.02 Å². The minimum atomic E-state index is -3.50. The summed E-state index contributed by atoms with van der Waals surface area (Å²) in [7, 11) is -3.50. The molecule has 7 heteroatoms. The van der Waals surface area contributed by atoms with Crippen molar-refractivity contribution < 1.29 is 8.42 Å². The lowest BCUT2D eigenvalue weighted by Crippen LogP contribution is -2.48. The predicted molar refractivity (Wildman–Crippen MR) is 79.7 cm³/mol. The quantitative estimate of drug-likeness (QED) is 0.874. The molecule has 0 aromatic heterocycles. The highest BCUT2D eigenvalue weighted by Gasteiger charge is 2.33. The lowest BCUT2D eigenvalue weighted by molar-refractivity contribution is 0.247. The number of piperidine rings is 1. The Morgan fingerprint density at radius 1 is 1.47 bits per heavy atom. The molecule has 2 N–H and O–H groups in total. The van der Waals surface area contributed by atoms with Crippen molar-refractivity contribution in [3.05, 3.63) is 27.7 Å². The maximum Gasteiger partial charge on any atom is 0.243 e. The molecule has 0 spiro atoms. The molecule has 0 radical (unpaired) electrons. The van der Waals surface area contributed by atoms with E-state index in [1.54, 1.807) is 12.1 Å². The van der Waals surface area contributed by atoms with Crippen LogP contribution in [0.5, 0.6) is 0 Å². The summed E-state index contributed by atoms with van der Waals surface area (Å²) in [5, 5.41) is 0.391. The van der Waals surface area contributed by atoms with E-state index in [9.17, 15) is 8.42 Å². The Morgan fingerprint density at radius 3 is 2.74 bits per heavy atom. The minimum Gasteiger partial charge on any atom is -0.328 e. The molecule has 19 heavy (non-hydrogen) atoms. The Bertz CT molecular complexity index is 579. The van der Waals surface area contributed by atoms with Crippen molar-refractivity contribution in [1.82, 2.24) is 4.31 Å². The average Bonchev–Trinajstić information content (AvgIpc) is 2.32. The maximum absolute atomic E-state index is 12.6. The van der Waals surface area contributed by atoms with Gasteiger partial charge in [-0.3, -0.25) is 0 Å². The van der Waals surface area contributed by atoms with Crippen LogP contribution >= 0.6 is 27.5 Å². The molecule has 1 aliphatic heterocycles. The summed E-state index contributed by atoms with van der Waals surface area (Å²) >= 11 is 9.22. The molecule has 4 nitrogen and oxygen atoms in total. The number of hydrogen-bond donors (Lipinski definition) is 1. The van der Waals surface area contributed by atoms with Gasteiger partial charge in [-0.1, -0.05) is 11.6 Å². The van der Waals surface area contributed by atoms with Gasteiger partial charge in [-0.2, -0.15) is 4.31 Å². The molecule has 106 valence electrons. The molecule has 1 heterocycles. The Morgan fingerprint density at radius 2 is 2.16 bits per heavy atom. The number of hydrogen-bond acceptors (Lipinski definition) is 3. The Kier molecular flexibility index (Phi) is 4.57. The number of nitrogens with zero attached hydrogens (tertiary/aromatic N) is 1. The summed E-state index contributed by atoms with van der Waals surface area (Å²) < 4.78 is 27.4. The molecular weight excluding hydrogens is 352 g/mol. The zero-order valence-corrected chi connectivity index (χ0v) is 13.7. The normalized spacial score (nSPS) is 25.5. The second kappa shape index (κ2) is 5.69. The summed E-state index contributed by atoms with van der Waals surface area (Å²) in [5.74, 6) is 0. The third-order valence-electron chi connectivity index (χ3n) is 3.35. The van der Waals surface area contributed by atoms with Gasteiger partial charge in [-0.25, -0.2) is 8.42 Å². The van der Waals surface area contributed by atoms with E-state index in [1.807, 2.05) is 6.92 Å². The zero-order valence-electron chi connectivity index (χ0n) is 10.5. The highest BCUT2D eigenvalue weighted by Crippen LogP contribution is 2.29. The minimum absolute atomic E-state index is 0.0787. The van der Waals surface area contributed by atoms with Gasteiger partial charge >= 0.3 is 0 Å². The van der Waals surface area contributed by atoms with Crippen LogP contribution < -0.4 is 5.73 Å². The van der Waals surface area contributed by atoms with Crippen molar-refractivity contribution in [2.75, 3.05) is 6.54 Å². The van der Waals surface area contributed by atoms with Gasteiger partial charge in [-0.15, -0.1) is 0 Å². The monoisotopic (exact) mass is 366 g/mol. The molecule has 0 saturated carbocycles. The molecule has 1 saturated heterocycles. The molecule has 1 aliphatic rings. The van der Waals surface area contributed by atoms with Gasteiger partial charge < -0.3 is 5.73 Å². The topological polar surface area (TPSA) is 63.4 Å². The summed E-state index contributed by atoms with van der Waals surface area (Å²) in [5.41, 5.74) is 5.86. The Labute approximate surface area is 127 Å². The SMILES string of the molecule is CC1CC(N)CCN1S(=O)(=O)c1ccc(Br)c(Cl)c1. The summed E-state index contributed by atoms with van der Waals surface area (Å²) in [4.78, 5) is 0.225. The fourth-order valence-electron chi connectivity index (χ4n) is 2.32. The van der Waals surface area contributed by atoms with Crippen LogP contribution in [0.4, 0.5) is 0 Å². The van der Waals surface area contributed by atoms with Gasteiger partial charge in [-0.05, 0) is 53.9 Å². The van der Waals surface area contributed by atoms with Crippen molar-refractivity contribution in [3.63, 3.8) is 0 Å². The predicted octanol–water partition coefficient (Wildman–Crippen LogP) is 2.60. The van der Waals surface area contributed by atoms with E-state index in [0.29, 0.717) is 28.9 Å². The lowest BCUT2D eigenvalue weighted by Gasteiger charge is -2.35. The molecular formula is C12H16BrClN2O2S. The molecule has 2 atom stereocenters. The molecule has 0 amide bonds. The van der Waals surface area contributed by atoms with Crippen LogP contribution in [0, 0.1) is 0 Å². The fraction of sp³-hybridized carbons (Fsp3) is 0.500. The van der Waals surface area contributed by atoms with Gasteiger partial charge in [0.1, 0.15) is 0 Å². The van der Waals surface area contributed by atoms with E-state index in [1.165, 1.54) is 10.4 Å². The Hall–Kier alpha value is -0.140. The first-order valence-corrected chi connectivity index (χ1v) is 8.66. The molecule has 1 aromatic rings. The van der Waals surface area contributed by atoms with E-state index >= 15 is 0 Å². The van der Waals surface area contributed by atoms with Crippen molar-refractivity contribution in [1.29, 1.82) is 0 Å². The molecule has 2 unspecified atom stereocenters. The zero-order chi connectivity index (χ0) is 14.2. The first-order valence-electron chi connectivity index (χ1n) is 6.05. The average molecular weight is 368 g/mol. The van der Waals surface area contributed by atoms with E-state index in [2.05, 4.69) is 15.9 Å². The third kappa shape index (κ3) is 3.13. The van der Waals surface area contributed by atoms with Gasteiger partial charge in [0.15, 0.2) is 0 Å². The summed E-state index contributed by atoms with van der Waals surface area (Å²) in [6.45, 7) is 2.34. The molecule has 0 bridgehead atoms. The van der Waals surface area contributed by atoms with Crippen molar-refractivity contribution in [2.45, 2.75) is 36.7 Å². The van der Waals surface area contributed by atoms with Crippen LogP contribution in [0.3, 0.4) is 0 Å². The number of rotatable bonds is 2. The third-order valence-corrected chi connectivity index (χ3v) is 6.60. The number of sulfonamides is 1. The summed E-state index contributed by atoms with van der Waals surface area (Å²) in [6.07, 6.45) is 1.37. The largest absolute Gasteiger partial charge is 0.328 e.